The minimum absolute atomic E-state index is 0.00871. The fourth-order valence-corrected chi connectivity index (χ4v) is 5.48. The highest BCUT2D eigenvalue weighted by molar-refractivity contribution is 6.02. The Hall–Kier alpha value is -5.32. The van der Waals surface area contributed by atoms with Gasteiger partial charge in [-0.2, -0.15) is 8.78 Å². The van der Waals surface area contributed by atoms with Crippen LogP contribution in [0.25, 0.3) is 22.0 Å². The summed E-state index contributed by atoms with van der Waals surface area (Å²) in [6, 6.07) is 18.2. The summed E-state index contributed by atoms with van der Waals surface area (Å²) in [5, 5.41) is 10.1. The van der Waals surface area contributed by atoms with Gasteiger partial charge < -0.3 is 19.1 Å². The van der Waals surface area contributed by atoms with Gasteiger partial charge in [-0.15, -0.1) is 0 Å². The number of carbonyl (C=O) groups is 3. The van der Waals surface area contributed by atoms with Crippen molar-refractivity contribution in [1.29, 1.82) is 0 Å². The zero-order valence-corrected chi connectivity index (χ0v) is 22.8. The smallest absolute Gasteiger partial charge is 0.414 e. The largest absolute Gasteiger partial charge is 0.478 e. The zero-order chi connectivity index (χ0) is 30.5. The Morgan fingerprint density at radius 1 is 1.02 bits per heavy atom. The number of allylic oxidation sites excluding steroid dienone is 2. The van der Waals surface area contributed by atoms with Crippen LogP contribution in [-0.4, -0.2) is 47.0 Å². The van der Waals surface area contributed by atoms with E-state index >= 15 is 8.78 Å². The van der Waals surface area contributed by atoms with E-state index in [1.54, 1.807) is 43.3 Å². The number of alkyl halides is 2. The van der Waals surface area contributed by atoms with Gasteiger partial charge in [-0.1, -0.05) is 48.0 Å². The number of amides is 1. The molecule has 11 heteroatoms. The monoisotopic (exact) mass is 586 g/mol. The first-order valence-electron chi connectivity index (χ1n) is 13.3. The molecule has 1 saturated heterocycles. The number of carboxylic acid groups (broad SMARTS) is 1. The number of aromatic nitrogens is 1. The number of nitrogens with zero attached hydrogens (tertiary/aromatic N) is 2. The summed E-state index contributed by atoms with van der Waals surface area (Å²) >= 11 is 0. The van der Waals surface area contributed by atoms with Gasteiger partial charge in [0, 0.05) is 28.7 Å². The third-order valence-electron chi connectivity index (χ3n) is 7.46. The van der Waals surface area contributed by atoms with Gasteiger partial charge >= 0.3 is 18.0 Å². The third-order valence-corrected chi connectivity index (χ3v) is 7.46. The van der Waals surface area contributed by atoms with Crippen LogP contribution in [0.15, 0.2) is 89.2 Å². The molecular formula is C32H24F2N2O7. The minimum Gasteiger partial charge on any atom is -0.478 e. The van der Waals surface area contributed by atoms with Crippen molar-refractivity contribution in [3.63, 3.8) is 0 Å². The molecule has 218 valence electrons. The van der Waals surface area contributed by atoms with E-state index in [2.05, 4.69) is 0 Å². The second kappa shape index (κ2) is 10.5. The highest BCUT2D eigenvalue weighted by Gasteiger charge is 2.36. The number of carbonyl (C=O) groups excluding carboxylic acids is 2. The molecule has 6 rings (SSSR count). The molecule has 1 aromatic heterocycles. The molecule has 1 atom stereocenters. The van der Waals surface area contributed by atoms with Crippen molar-refractivity contribution < 1.29 is 37.7 Å². The number of fused-ring (bicyclic) bond motifs is 4. The summed E-state index contributed by atoms with van der Waals surface area (Å²) in [6.45, 7) is 1.21. The number of cyclic esters (lactones) is 1. The Morgan fingerprint density at radius 2 is 1.74 bits per heavy atom. The SMILES string of the molecule is C/C1=C/C(F)(F)c2ccccc2-c2cc3ccc(N4C[C@@H](COC(=O)c5ccccc5C(=O)O)OC4=O)cc3c(=O)n2C1. The van der Waals surface area contributed by atoms with Gasteiger partial charge in [-0.25, -0.2) is 14.4 Å². The predicted molar refractivity (Wildman–Crippen MR) is 153 cm³/mol. The van der Waals surface area contributed by atoms with E-state index in [1.807, 2.05) is 0 Å². The summed E-state index contributed by atoms with van der Waals surface area (Å²) in [6.07, 6.45) is -0.686. The third kappa shape index (κ3) is 5.03. The van der Waals surface area contributed by atoms with Crippen LogP contribution >= 0.6 is 0 Å². The molecule has 2 aliphatic rings. The summed E-state index contributed by atoms with van der Waals surface area (Å²) in [4.78, 5) is 51.7. The van der Waals surface area contributed by atoms with E-state index in [4.69, 9.17) is 9.47 Å². The van der Waals surface area contributed by atoms with E-state index < -0.39 is 35.6 Å². The highest BCUT2D eigenvalue weighted by atomic mass is 19.3. The summed E-state index contributed by atoms with van der Waals surface area (Å²) in [5.41, 5.74) is 0.364. The first kappa shape index (κ1) is 27.8. The minimum atomic E-state index is -3.21. The molecule has 1 fully saturated rings. The molecule has 0 bridgehead atoms. The van der Waals surface area contributed by atoms with Gasteiger partial charge in [-0.3, -0.25) is 9.69 Å². The van der Waals surface area contributed by atoms with Gasteiger partial charge in [0.15, 0.2) is 6.10 Å². The van der Waals surface area contributed by atoms with Crippen LogP contribution in [0.4, 0.5) is 19.3 Å². The first-order chi connectivity index (χ1) is 20.5. The number of ether oxygens (including phenoxy) is 2. The normalized spacial score (nSPS) is 18.5. The van der Waals surface area contributed by atoms with Crippen LogP contribution in [-0.2, 0) is 21.9 Å². The molecule has 0 unspecified atom stereocenters. The topological polar surface area (TPSA) is 115 Å². The number of carboxylic acids is 1. The van der Waals surface area contributed by atoms with Crippen molar-refractivity contribution in [3.8, 4) is 11.3 Å². The lowest BCUT2D eigenvalue weighted by atomic mass is 9.94. The molecule has 9 nitrogen and oxygen atoms in total. The Kier molecular flexibility index (Phi) is 6.80. The van der Waals surface area contributed by atoms with Crippen LogP contribution in [0.1, 0.15) is 33.2 Å². The molecule has 2 aliphatic heterocycles. The van der Waals surface area contributed by atoms with Gasteiger partial charge in [0.25, 0.3) is 11.5 Å². The molecule has 43 heavy (non-hydrogen) atoms. The molecule has 0 saturated carbocycles. The summed E-state index contributed by atoms with van der Waals surface area (Å²) in [5.74, 6) is -5.35. The van der Waals surface area contributed by atoms with Crippen molar-refractivity contribution in [2.75, 3.05) is 18.1 Å². The Morgan fingerprint density at radius 3 is 2.51 bits per heavy atom. The fraction of sp³-hybridized carbons (Fsp3) is 0.188. The molecule has 4 aromatic rings. The van der Waals surface area contributed by atoms with Crippen molar-refractivity contribution in [3.05, 3.63) is 111 Å². The van der Waals surface area contributed by atoms with Crippen molar-refractivity contribution >= 4 is 34.5 Å². The quantitative estimate of drug-likeness (QED) is 0.239. The number of hydrogen-bond donors (Lipinski definition) is 1. The Balaban J connectivity index is 1.28. The average Bonchev–Trinajstić information content (AvgIpc) is 3.36. The maximum absolute atomic E-state index is 15.1. The number of benzene rings is 3. The number of halogens is 2. The second-order valence-electron chi connectivity index (χ2n) is 10.4. The summed E-state index contributed by atoms with van der Waals surface area (Å²) < 4.78 is 42.2. The average molecular weight is 587 g/mol. The van der Waals surface area contributed by atoms with Gasteiger partial charge in [0.05, 0.1) is 23.4 Å². The lowest BCUT2D eigenvalue weighted by Gasteiger charge is -2.24. The van der Waals surface area contributed by atoms with Crippen LogP contribution in [0.2, 0.25) is 0 Å². The number of pyridine rings is 1. The van der Waals surface area contributed by atoms with E-state index in [0.717, 1.165) is 6.08 Å². The van der Waals surface area contributed by atoms with E-state index in [1.165, 1.54) is 45.9 Å². The van der Waals surface area contributed by atoms with Gasteiger partial charge in [-0.05, 0) is 48.7 Å². The number of esters is 1. The number of anilines is 1. The van der Waals surface area contributed by atoms with Crippen LogP contribution < -0.4 is 10.5 Å². The van der Waals surface area contributed by atoms with E-state index in [-0.39, 0.29) is 47.3 Å². The van der Waals surface area contributed by atoms with Crippen LogP contribution in [0.5, 0.6) is 0 Å². The van der Waals surface area contributed by atoms with Gasteiger partial charge in [0.2, 0.25) is 0 Å². The Labute approximate surface area is 243 Å². The van der Waals surface area contributed by atoms with Crippen molar-refractivity contribution in [2.24, 2.45) is 0 Å². The molecular weight excluding hydrogens is 562 g/mol. The maximum atomic E-state index is 15.1. The van der Waals surface area contributed by atoms with Crippen LogP contribution in [0, 0.1) is 0 Å². The summed E-state index contributed by atoms with van der Waals surface area (Å²) in [7, 11) is 0. The number of aromatic carboxylic acids is 1. The number of hydrogen-bond acceptors (Lipinski definition) is 6. The molecule has 0 spiro atoms. The Bertz CT molecular complexity index is 1910. The first-order valence-corrected chi connectivity index (χ1v) is 13.3. The van der Waals surface area contributed by atoms with Crippen LogP contribution in [0.3, 0.4) is 0 Å². The lowest BCUT2D eigenvalue weighted by Crippen LogP contribution is -2.28. The number of rotatable bonds is 5. The maximum Gasteiger partial charge on any atom is 0.414 e. The van der Waals surface area contributed by atoms with Crippen molar-refractivity contribution in [2.45, 2.75) is 25.5 Å². The molecule has 1 N–H and O–H groups in total. The molecule has 1 amide bonds. The highest BCUT2D eigenvalue weighted by Crippen LogP contribution is 2.40. The molecule has 3 heterocycles. The standard InChI is InChI=1S/C32H24F2N2O7/c1-18-14-32(33,34)26-9-5-4-8-24(26)27-12-19-10-11-20(13-25(19)28(37)36(27)15-18)35-16-21(43-31(35)41)17-42-30(40)23-7-3-2-6-22(23)29(38)39/h2-14,21H,15-17H2,1H3,(H,38,39)/b18-14-/t21-/m0/s1. The van der Waals surface area contributed by atoms with E-state index in [0.29, 0.717) is 22.3 Å². The van der Waals surface area contributed by atoms with Crippen molar-refractivity contribution in [1.82, 2.24) is 4.57 Å². The molecule has 0 aliphatic carbocycles. The molecule has 0 radical (unpaired) electrons. The lowest BCUT2D eigenvalue weighted by molar-refractivity contribution is 0.0296. The fourth-order valence-electron chi connectivity index (χ4n) is 5.48. The predicted octanol–water partition coefficient (Wildman–Crippen LogP) is 5.60. The second-order valence-corrected chi connectivity index (χ2v) is 10.4. The zero-order valence-electron chi connectivity index (χ0n) is 22.8. The van der Waals surface area contributed by atoms with Gasteiger partial charge in [0.1, 0.15) is 6.61 Å². The molecule has 3 aromatic carbocycles. The van der Waals surface area contributed by atoms with E-state index in [9.17, 15) is 24.3 Å².